The van der Waals surface area contributed by atoms with Gasteiger partial charge in [-0.1, -0.05) is 11.6 Å². The van der Waals surface area contributed by atoms with Crippen LogP contribution in [-0.2, 0) is 4.74 Å². The highest BCUT2D eigenvalue weighted by molar-refractivity contribution is 14.0. The maximum atomic E-state index is 6.02. The molecule has 1 aliphatic heterocycles. The van der Waals surface area contributed by atoms with Crippen LogP contribution in [0, 0.1) is 0 Å². The molecule has 124 valence electrons. The predicted octanol–water partition coefficient (Wildman–Crippen LogP) is 2.43. The number of guanidine groups is 1. The predicted molar refractivity (Wildman–Crippen MR) is 104 cm³/mol. The number of aliphatic imine (C=N–C) groups is 1. The molecule has 5 nitrogen and oxygen atoms in total. The van der Waals surface area contributed by atoms with E-state index in [2.05, 4.69) is 26.9 Å². The Morgan fingerprint density at radius 2 is 1.86 bits per heavy atom. The first kappa shape index (κ1) is 19.3. The van der Waals surface area contributed by atoms with Crippen LogP contribution in [0.25, 0.3) is 0 Å². The SMILES string of the molecule is CCOCCN=C(N)N1CCN(c2ccc(Cl)cc2)CC1.I. The highest BCUT2D eigenvalue weighted by Gasteiger charge is 2.18. The van der Waals surface area contributed by atoms with E-state index in [1.54, 1.807) is 0 Å². The van der Waals surface area contributed by atoms with Crippen molar-refractivity contribution in [1.29, 1.82) is 0 Å². The minimum Gasteiger partial charge on any atom is -0.380 e. The van der Waals surface area contributed by atoms with Crippen LogP contribution >= 0.6 is 35.6 Å². The maximum Gasteiger partial charge on any atom is 0.191 e. The Morgan fingerprint density at radius 1 is 1.23 bits per heavy atom. The Hall–Kier alpha value is -0.730. The molecule has 1 aromatic carbocycles. The maximum absolute atomic E-state index is 6.02. The van der Waals surface area contributed by atoms with Crippen LogP contribution in [0.1, 0.15) is 6.92 Å². The smallest absolute Gasteiger partial charge is 0.191 e. The quantitative estimate of drug-likeness (QED) is 0.332. The number of piperazine rings is 1. The average molecular weight is 439 g/mol. The summed E-state index contributed by atoms with van der Waals surface area (Å²) < 4.78 is 5.26. The summed E-state index contributed by atoms with van der Waals surface area (Å²) in [7, 11) is 0. The Balaban J connectivity index is 0.00000242. The number of nitrogens with zero attached hydrogens (tertiary/aromatic N) is 3. The van der Waals surface area contributed by atoms with Gasteiger partial charge < -0.3 is 20.3 Å². The van der Waals surface area contributed by atoms with Gasteiger partial charge in [-0.15, -0.1) is 24.0 Å². The number of hydrogen-bond donors (Lipinski definition) is 1. The number of nitrogens with two attached hydrogens (primary N) is 1. The molecule has 1 aliphatic rings. The van der Waals surface area contributed by atoms with Gasteiger partial charge in [0.25, 0.3) is 0 Å². The van der Waals surface area contributed by atoms with Gasteiger partial charge in [-0.25, -0.2) is 0 Å². The standard InChI is InChI=1S/C15H23ClN4O.HI/c1-2-21-12-7-18-15(17)20-10-8-19(9-11-20)14-5-3-13(16)4-6-14;/h3-6H,2,7-12H2,1H3,(H2,17,18);1H. The first-order valence-corrected chi connectivity index (χ1v) is 7.71. The number of benzene rings is 1. The molecule has 0 unspecified atom stereocenters. The minimum absolute atomic E-state index is 0. The van der Waals surface area contributed by atoms with E-state index in [0.717, 1.165) is 37.8 Å². The summed E-state index contributed by atoms with van der Waals surface area (Å²) in [6.07, 6.45) is 0. The van der Waals surface area contributed by atoms with Crippen LogP contribution in [0.3, 0.4) is 0 Å². The van der Waals surface area contributed by atoms with E-state index in [1.165, 1.54) is 5.69 Å². The van der Waals surface area contributed by atoms with Crippen molar-refractivity contribution >= 4 is 47.2 Å². The van der Waals surface area contributed by atoms with Crippen molar-refractivity contribution in [3.63, 3.8) is 0 Å². The molecule has 1 fully saturated rings. The summed E-state index contributed by atoms with van der Waals surface area (Å²) in [5.74, 6) is 0.616. The summed E-state index contributed by atoms with van der Waals surface area (Å²) in [5, 5.41) is 0.767. The zero-order valence-electron chi connectivity index (χ0n) is 12.9. The van der Waals surface area contributed by atoms with Crippen molar-refractivity contribution in [2.24, 2.45) is 10.7 Å². The molecule has 0 amide bonds. The van der Waals surface area contributed by atoms with Gasteiger partial charge in [-0.2, -0.15) is 0 Å². The van der Waals surface area contributed by atoms with Crippen LogP contribution in [0.5, 0.6) is 0 Å². The third-order valence-electron chi connectivity index (χ3n) is 3.51. The number of hydrogen-bond acceptors (Lipinski definition) is 3. The molecule has 0 atom stereocenters. The number of anilines is 1. The number of ether oxygens (including phenoxy) is 1. The molecule has 1 aromatic rings. The summed E-state index contributed by atoms with van der Waals surface area (Å²) in [5.41, 5.74) is 7.22. The number of halogens is 2. The van der Waals surface area contributed by atoms with Gasteiger partial charge in [0.2, 0.25) is 0 Å². The van der Waals surface area contributed by atoms with Crippen molar-refractivity contribution in [3.8, 4) is 0 Å². The Morgan fingerprint density at radius 3 is 2.45 bits per heavy atom. The summed E-state index contributed by atoms with van der Waals surface area (Å²) >= 11 is 5.92. The van der Waals surface area contributed by atoms with E-state index in [-0.39, 0.29) is 24.0 Å². The monoisotopic (exact) mass is 438 g/mol. The molecular weight excluding hydrogens is 415 g/mol. The molecule has 1 heterocycles. The summed E-state index contributed by atoms with van der Waals surface area (Å²) in [6, 6.07) is 7.95. The van der Waals surface area contributed by atoms with Gasteiger partial charge in [-0.05, 0) is 31.2 Å². The largest absolute Gasteiger partial charge is 0.380 e. The van der Waals surface area contributed by atoms with Gasteiger partial charge in [0.1, 0.15) is 0 Å². The van der Waals surface area contributed by atoms with Crippen molar-refractivity contribution in [1.82, 2.24) is 4.90 Å². The van der Waals surface area contributed by atoms with Crippen LogP contribution in [-0.4, -0.2) is 56.8 Å². The van der Waals surface area contributed by atoms with Gasteiger partial charge in [0.05, 0.1) is 13.2 Å². The van der Waals surface area contributed by atoms with Gasteiger partial charge >= 0.3 is 0 Å². The minimum atomic E-state index is 0. The van der Waals surface area contributed by atoms with E-state index in [1.807, 2.05) is 19.1 Å². The molecule has 2 N–H and O–H groups in total. The van der Waals surface area contributed by atoms with Crippen LogP contribution in [0.15, 0.2) is 29.3 Å². The van der Waals surface area contributed by atoms with E-state index in [0.29, 0.717) is 19.1 Å². The molecule has 0 bridgehead atoms. The lowest BCUT2D eigenvalue weighted by Crippen LogP contribution is -2.51. The van der Waals surface area contributed by atoms with Crippen LogP contribution < -0.4 is 10.6 Å². The van der Waals surface area contributed by atoms with Crippen LogP contribution in [0.4, 0.5) is 5.69 Å². The second kappa shape index (κ2) is 10.1. The molecule has 1 saturated heterocycles. The first-order chi connectivity index (χ1) is 10.2. The van der Waals surface area contributed by atoms with Crippen molar-refractivity contribution in [3.05, 3.63) is 29.3 Å². The summed E-state index contributed by atoms with van der Waals surface area (Å²) in [6.45, 7) is 7.57. The van der Waals surface area contributed by atoms with E-state index in [9.17, 15) is 0 Å². The fraction of sp³-hybridized carbons (Fsp3) is 0.533. The fourth-order valence-electron chi connectivity index (χ4n) is 2.31. The Kier molecular flexibility index (Phi) is 8.89. The highest BCUT2D eigenvalue weighted by Crippen LogP contribution is 2.19. The zero-order chi connectivity index (χ0) is 15.1. The summed E-state index contributed by atoms with van der Waals surface area (Å²) in [4.78, 5) is 8.81. The fourth-order valence-corrected chi connectivity index (χ4v) is 2.44. The average Bonchev–Trinajstić information content (AvgIpc) is 2.52. The van der Waals surface area contributed by atoms with Crippen molar-refractivity contribution in [2.45, 2.75) is 6.92 Å². The molecule has 0 radical (unpaired) electrons. The molecule has 0 spiro atoms. The van der Waals surface area contributed by atoms with Gasteiger partial charge in [0.15, 0.2) is 5.96 Å². The Labute approximate surface area is 154 Å². The van der Waals surface area contributed by atoms with Gasteiger partial charge in [-0.3, -0.25) is 4.99 Å². The molecule has 0 aromatic heterocycles. The molecule has 2 rings (SSSR count). The van der Waals surface area contributed by atoms with Crippen molar-refractivity contribution in [2.75, 3.05) is 50.8 Å². The lowest BCUT2D eigenvalue weighted by Gasteiger charge is -2.36. The molecule has 7 heteroatoms. The molecular formula is C15H24ClIN4O. The van der Waals surface area contributed by atoms with Gasteiger partial charge in [0, 0.05) is 43.5 Å². The third-order valence-corrected chi connectivity index (χ3v) is 3.76. The van der Waals surface area contributed by atoms with E-state index in [4.69, 9.17) is 22.1 Å². The lowest BCUT2D eigenvalue weighted by atomic mass is 10.2. The number of rotatable bonds is 5. The first-order valence-electron chi connectivity index (χ1n) is 7.34. The zero-order valence-corrected chi connectivity index (χ0v) is 16.0. The Bertz CT molecular complexity index is 461. The molecule has 0 aliphatic carbocycles. The lowest BCUT2D eigenvalue weighted by molar-refractivity contribution is 0.155. The van der Waals surface area contributed by atoms with E-state index >= 15 is 0 Å². The van der Waals surface area contributed by atoms with E-state index < -0.39 is 0 Å². The second-order valence-electron chi connectivity index (χ2n) is 4.89. The topological polar surface area (TPSA) is 54.1 Å². The van der Waals surface area contributed by atoms with Crippen LogP contribution in [0.2, 0.25) is 5.02 Å². The molecule has 0 saturated carbocycles. The second-order valence-corrected chi connectivity index (χ2v) is 5.32. The molecule has 22 heavy (non-hydrogen) atoms. The van der Waals surface area contributed by atoms with Crippen molar-refractivity contribution < 1.29 is 4.74 Å². The highest BCUT2D eigenvalue weighted by atomic mass is 127. The normalized spacial score (nSPS) is 15.6. The third kappa shape index (κ3) is 5.81.